The van der Waals surface area contributed by atoms with Gasteiger partial charge in [0.05, 0.1) is 5.39 Å². The first-order valence-corrected chi connectivity index (χ1v) is 12.2. The average molecular weight is 469 g/mol. The molecule has 8 nitrogen and oxygen atoms in total. The van der Waals surface area contributed by atoms with Gasteiger partial charge in [0.15, 0.2) is 0 Å². The molecule has 33 heavy (non-hydrogen) atoms. The van der Waals surface area contributed by atoms with Crippen LogP contribution in [0.5, 0.6) is 0 Å². The van der Waals surface area contributed by atoms with E-state index in [0.717, 1.165) is 47.6 Å². The maximum absolute atomic E-state index is 11.8. The van der Waals surface area contributed by atoms with Crippen molar-refractivity contribution in [2.24, 2.45) is 5.92 Å². The lowest BCUT2D eigenvalue weighted by molar-refractivity contribution is -0.138. The highest BCUT2D eigenvalue weighted by molar-refractivity contribution is 7.17. The Balaban J connectivity index is 1.56. The second-order valence-corrected chi connectivity index (χ2v) is 9.98. The van der Waals surface area contributed by atoms with Crippen molar-refractivity contribution < 1.29 is 9.90 Å². The Hall–Kier alpha value is -2.91. The molecule has 0 aliphatic carbocycles. The average Bonchev–Trinajstić information content (AvgIpc) is 3.15. The summed E-state index contributed by atoms with van der Waals surface area (Å²) in [5.74, 6) is 0.379. The summed E-state index contributed by atoms with van der Waals surface area (Å²) in [6, 6.07) is 7.59. The Bertz CT molecular complexity index is 1110. The number of aliphatic carboxylic acids is 1. The van der Waals surface area contributed by atoms with Crippen LogP contribution in [0, 0.1) is 12.8 Å². The second kappa shape index (κ2) is 9.93. The number of rotatable bonds is 8. The molecule has 2 aromatic heterocycles. The number of hydrogen-bond acceptors (Lipinski definition) is 8. The second-order valence-electron chi connectivity index (χ2n) is 9.12. The molecule has 1 saturated heterocycles. The minimum Gasteiger partial charge on any atom is -0.480 e. The third-order valence-electron chi connectivity index (χ3n) is 5.93. The smallest absolute Gasteiger partial charge is 0.326 e. The lowest BCUT2D eigenvalue weighted by Crippen LogP contribution is -2.44. The molecule has 1 fully saturated rings. The number of benzene rings is 1. The maximum Gasteiger partial charge on any atom is 0.326 e. The van der Waals surface area contributed by atoms with Gasteiger partial charge in [0, 0.05) is 37.6 Å². The number of thiophene rings is 1. The van der Waals surface area contributed by atoms with Gasteiger partial charge < -0.3 is 25.5 Å². The van der Waals surface area contributed by atoms with Gasteiger partial charge in [-0.3, -0.25) is 0 Å². The lowest BCUT2D eigenvalue weighted by atomic mass is 10.0. The Kier molecular flexibility index (Phi) is 6.99. The van der Waals surface area contributed by atoms with Gasteiger partial charge in [-0.1, -0.05) is 13.8 Å². The number of carboxylic acids is 1. The number of anilines is 4. The summed E-state index contributed by atoms with van der Waals surface area (Å²) >= 11 is 1.53. The summed E-state index contributed by atoms with van der Waals surface area (Å²) in [4.78, 5) is 26.7. The molecule has 1 atom stereocenters. The van der Waals surface area contributed by atoms with E-state index < -0.39 is 12.0 Å². The van der Waals surface area contributed by atoms with E-state index in [1.54, 1.807) is 0 Å². The Morgan fingerprint density at radius 1 is 1.15 bits per heavy atom. The van der Waals surface area contributed by atoms with E-state index in [-0.39, 0.29) is 5.92 Å². The van der Waals surface area contributed by atoms with Gasteiger partial charge in [-0.05, 0) is 61.5 Å². The summed E-state index contributed by atoms with van der Waals surface area (Å²) < 4.78 is 0. The van der Waals surface area contributed by atoms with Crippen LogP contribution in [-0.4, -0.2) is 65.2 Å². The monoisotopic (exact) mass is 468 g/mol. The molecule has 9 heteroatoms. The third kappa shape index (κ3) is 5.54. The van der Waals surface area contributed by atoms with Crippen molar-refractivity contribution >= 4 is 50.7 Å². The number of likely N-dealkylation sites (N-methyl/N-ethyl adjacent to an activating group) is 1. The predicted molar refractivity (Wildman–Crippen MR) is 136 cm³/mol. The van der Waals surface area contributed by atoms with Crippen LogP contribution < -0.4 is 15.5 Å². The van der Waals surface area contributed by atoms with Crippen LogP contribution >= 0.6 is 11.3 Å². The van der Waals surface area contributed by atoms with Crippen molar-refractivity contribution in [2.45, 2.75) is 33.2 Å². The fourth-order valence-corrected chi connectivity index (χ4v) is 4.97. The van der Waals surface area contributed by atoms with Gasteiger partial charge in [0.25, 0.3) is 0 Å². The number of aryl methyl sites for hydroxylation is 1. The van der Waals surface area contributed by atoms with Crippen LogP contribution in [0.4, 0.5) is 23.1 Å². The van der Waals surface area contributed by atoms with Gasteiger partial charge in [-0.15, -0.1) is 11.3 Å². The van der Waals surface area contributed by atoms with Gasteiger partial charge in [-0.25, -0.2) is 9.78 Å². The van der Waals surface area contributed by atoms with E-state index in [2.05, 4.69) is 49.6 Å². The minimum atomic E-state index is -0.877. The molecule has 1 aliphatic heterocycles. The summed E-state index contributed by atoms with van der Waals surface area (Å²) in [7, 11) is 2.15. The van der Waals surface area contributed by atoms with Crippen LogP contribution in [0.15, 0.2) is 29.6 Å². The van der Waals surface area contributed by atoms with E-state index in [1.165, 1.54) is 17.0 Å². The summed E-state index contributed by atoms with van der Waals surface area (Å²) in [5.41, 5.74) is 3.14. The molecule has 3 heterocycles. The van der Waals surface area contributed by atoms with Gasteiger partial charge >= 0.3 is 5.97 Å². The molecule has 1 aromatic carbocycles. The molecule has 176 valence electrons. The van der Waals surface area contributed by atoms with Gasteiger partial charge in [0.2, 0.25) is 5.95 Å². The normalized spacial score (nSPS) is 15.7. The molecule has 0 bridgehead atoms. The van der Waals surface area contributed by atoms with Gasteiger partial charge in [-0.2, -0.15) is 4.98 Å². The van der Waals surface area contributed by atoms with Crippen LogP contribution in [0.1, 0.15) is 25.8 Å². The highest BCUT2D eigenvalue weighted by Crippen LogP contribution is 2.32. The van der Waals surface area contributed by atoms with E-state index in [1.807, 2.05) is 38.3 Å². The highest BCUT2D eigenvalue weighted by atomic mass is 32.1. The molecular formula is C24H32N6O2S. The molecule has 1 aliphatic rings. The molecule has 0 amide bonds. The van der Waals surface area contributed by atoms with Crippen molar-refractivity contribution in [1.29, 1.82) is 0 Å². The maximum atomic E-state index is 11.8. The molecule has 0 radical (unpaired) electrons. The van der Waals surface area contributed by atoms with E-state index in [0.29, 0.717) is 18.2 Å². The molecule has 0 saturated carbocycles. The zero-order valence-electron chi connectivity index (χ0n) is 19.6. The standard InChI is InChI=1S/C24H32N6O2S/c1-15(2)13-19(23(31)32)26-21-20-16(3)14-33-22(20)28-24(27-21)25-17-5-7-18(8-6-17)30-11-9-29(4)10-12-30/h5-8,14-15,19H,9-13H2,1-4H3,(H,31,32)(H2,25,26,27,28). The fourth-order valence-electron chi connectivity index (χ4n) is 4.05. The van der Waals surface area contributed by atoms with Crippen molar-refractivity contribution in [1.82, 2.24) is 14.9 Å². The quantitative estimate of drug-likeness (QED) is 0.448. The number of fused-ring (bicyclic) bond motifs is 1. The van der Waals surface area contributed by atoms with Crippen molar-refractivity contribution in [3.8, 4) is 0 Å². The first-order chi connectivity index (χ1) is 15.8. The molecule has 3 N–H and O–H groups in total. The third-order valence-corrected chi connectivity index (χ3v) is 6.92. The molecule has 3 aromatic rings. The summed E-state index contributed by atoms with van der Waals surface area (Å²) in [5, 5.41) is 19.1. The first kappa shape index (κ1) is 23.3. The highest BCUT2D eigenvalue weighted by Gasteiger charge is 2.22. The van der Waals surface area contributed by atoms with E-state index in [4.69, 9.17) is 0 Å². The van der Waals surface area contributed by atoms with Gasteiger partial charge in [0.1, 0.15) is 16.7 Å². The number of carbonyl (C=O) groups is 1. The molecule has 4 rings (SSSR count). The largest absolute Gasteiger partial charge is 0.480 e. The topological polar surface area (TPSA) is 93.6 Å². The predicted octanol–water partition coefficient (Wildman–Crippen LogP) is 4.41. The van der Waals surface area contributed by atoms with Crippen LogP contribution in [-0.2, 0) is 4.79 Å². The van der Waals surface area contributed by atoms with E-state index in [9.17, 15) is 9.90 Å². The van der Waals surface area contributed by atoms with Crippen molar-refractivity contribution in [3.63, 3.8) is 0 Å². The molecular weight excluding hydrogens is 436 g/mol. The number of piperazine rings is 1. The first-order valence-electron chi connectivity index (χ1n) is 11.4. The number of hydrogen-bond donors (Lipinski definition) is 3. The number of carboxylic acid groups (broad SMARTS) is 1. The number of aromatic nitrogens is 2. The summed E-state index contributed by atoms with van der Waals surface area (Å²) in [6.07, 6.45) is 0.514. The Morgan fingerprint density at radius 2 is 1.85 bits per heavy atom. The van der Waals surface area contributed by atoms with Crippen molar-refractivity contribution in [2.75, 3.05) is 48.8 Å². The van der Waals surface area contributed by atoms with Crippen LogP contribution in [0.3, 0.4) is 0 Å². The minimum absolute atomic E-state index is 0.246. The zero-order valence-corrected chi connectivity index (χ0v) is 20.4. The van der Waals surface area contributed by atoms with Crippen molar-refractivity contribution in [3.05, 3.63) is 35.2 Å². The SMILES string of the molecule is Cc1csc2nc(Nc3ccc(N4CCN(C)CC4)cc3)nc(NC(CC(C)C)C(=O)O)c12. The zero-order chi connectivity index (χ0) is 23.5. The Morgan fingerprint density at radius 3 is 2.48 bits per heavy atom. The fraction of sp³-hybridized carbons (Fsp3) is 0.458. The number of nitrogens with one attached hydrogen (secondary N) is 2. The summed E-state index contributed by atoms with van der Waals surface area (Å²) in [6.45, 7) is 10.2. The number of nitrogens with zero attached hydrogens (tertiary/aromatic N) is 4. The molecule has 0 spiro atoms. The molecule has 1 unspecified atom stereocenters. The van der Waals surface area contributed by atoms with E-state index >= 15 is 0 Å². The van der Waals surface area contributed by atoms with Crippen LogP contribution in [0.2, 0.25) is 0 Å². The Labute approximate surface area is 198 Å². The lowest BCUT2D eigenvalue weighted by Gasteiger charge is -2.34. The van der Waals surface area contributed by atoms with Crippen LogP contribution in [0.25, 0.3) is 10.2 Å².